The number of hydrogen-bond acceptors (Lipinski definition) is 3. The Kier molecular flexibility index (Phi) is 3.29. The van der Waals surface area contributed by atoms with Gasteiger partial charge in [0.1, 0.15) is 5.60 Å². The van der Waals surface area contributed by atoms with E-state index in [-0.39, 0.29) is 5.60 Å². The number of aromatic nitrogens is 2. The summed E-state index contributed by atoms with van der Waals surface area (Å²) in [6.07, 6.45) is 11.4. The summed E-state index contributed by atoms with van der Waals surface area (Å²) in [4.78, 5) is 0. The molecule has 0 unspecified atom stereocenters. The summed E-state index contributed by atoms with van der Waals surface area (Å²) in [5.74, 6) is 0.933. The molecule has 0 atom stereocenters. The molecule has 0 aromatic carbocycles. The van der Waals surface area contributed by atoms with Crippen molar-refractivity contribution in [3.8, 4) is 5.75 Å². The lowest BCUT2D eigenvalue weighted by molar-refractivity contribution is -0.0143. The summed E-state index contributed by atoms with van der Waals surface area (Å²) >= 11 is 0. The molecule has 2 fully saturated rings. The average molecular weight is 249 g/mol. The van der Waals surface area contributed by atoms with Gasteiger partial charge in [-0.3, -0.25) is 4.68 Å². The molecule has 1 N–H and O–H groups in total. The monoisotopic (exact) mass is 249 g/mol. The molecule has 2 aliphatic rings. The molecule has 1 aromatic rings. The van der Waals surface area contributed by atoms with Crippen LogP contribution < -0.4 is 10.1 Å². The van der Waals surface area contributed by atoms with Gasteiger partial charge in [-0.25, -0.2) is 0 Å². The number of aryl methyl sites for hydroxylation is 1. The van der Waals surface area contributed by atoms with Crippen LogP contribution in [0.2, 0.25) is 0 Å². The fraction of sp³-hybridized carbons (Fsp3) is 0.786. The second-order valence-electron chi connectivity index (χ2n) is 5.65. The van der Waals surface area contributed by atoms with Crippen LogP contribution in [0.15, 0.2) is 12.4 Å². The van der Waals surface area contributed by atoms with Crippen molar-refractivity contribution < 1.29 is 4.74 Å². The number of hydrogen-bond donors (Lipinski definition) is 1. The number of ether oxygens (including phenoxy) is 1. The third-order valence-electron chi connectivity index (χ3n) is 4.12. The van der Waals surface area contributed by atoms with E-state index in [2.05, 4.69) is 17.3 Å². The largest absolute Gasteiger partial charge is 0.484 e. The van der Waals surface area contributed by atoms with Gasteiger partial charge in [0.05, 0.1) is 12.4 Å². The van der Waals surface area contributed by atoms with Crippen LogP contribution >= 0.6 is 0 Å². The van der Waals surface area contributed by atoms with E-state index in [1.54, 1.807) is 0 Å². The first kappa shape index (κ1) is 12.0. The molecule has 1 aromatic heterocycles. The van der Waals surface area contributed by atoms with Crippen molar-refractivity contribution in [3.05, 3.63) is 12.4 Å². The van der Waals surface area contributed by atoms with Crippen LogP contribution in [-0.4, -0.2) is 28.0 Å². The van der Waals surface area contributed by atoms with Crippen LogP contribution in [-0.2, 0) is 6.54 Å². The predicted molar refractivity (Wildman–Crippen MR) is 70.8 cm³/mol. The third-order valence-corrected chi connectivity index (χ3v) is 4.12. The fourth-order valence-electron chi connectivity index (χ4n) is 2.59. The van der Waals surface area contributed by atoms with Gasteiger partial charge in [-0.15, -0.1) is 0 Å². The zero-order valence-corrected chi connectivity index (χ0v) is 11.2. The van der Waals surface area contributed by atoms with Gasteiger partial charge in [0, 0.05) is 12.6 Å². The molecule has 4 nitrogen and oxygen atoms in total. The van der Waals surface area contributed by atoms with Crippen LogP contribution in [0.4, 0.5) is 0 Å². The Bertz CT molecular complexity index is 393. The molecule has 1 heterocycles. The molecule has 0 spiro atoms. The average Bonchev–Trinajstić information content (AvgIpc) is 3.04. The second kappa shape index (κ2) is 4.92. The van der Waals surface area contributed by atoms with Crippen LogP contribution in [0.1, 0.15) is 45.4 Å². The Hall–Kier alpha value is -1.03. The first-order chi connectivity index (χ1) is 8.80. The van der Waals surface area contributed by atoms with E-state index in [0.717, 1.165) is 31.3 Å². The molecular weight excluding hydrogens is 226 g/mol. The van der Waals surface area contributed by atoms with Crippen LogP contribution in [0, 0.1) is 0 Å². The lowest BCUT2D eigenvalue weighted by atomic mass is 9.77. The quantitative estimate of drug-likeness (QED) is 0.806. The minimum atomic E-state index is 0.0868. The van der Waals surface area contributed by atoms with Crippen molar-refractivity contribution in [2.24, 2.45) is 0 Å². The fourth-order valence-corrected chi connectivity index (χ4v) is 2.59. The summed E-state index contributed by atoms with van der Waals surface area (Å²) < 4.78 is 8.12. The number of nitrogens with one attached hydrogen (secondary N) is 1. The Morgan fingerprint density at radius 3 is 2.89 bits per heavy atom. The minimum absolute atomic E-state index is 0.0868. The second-order valence-corrected chi connectivity index (χ2v) is 5.65. The Morgan fingerprint density at radius 2 is 2.33 bits per heavy atom. The Morgan fingerprint density at radius 1 is 1.50 bits per heavy atom. The smallest absolute Gasteiger partial charge is 0.158 e. The number of rotatable bonds is 7. The maximum Gasteiger partial charge on any atom is 0.158 e. The molecule has 4 heteroatoms. The molecule has 18 heavy (non-hydrogen) atoms. The van der Waals surface area contributed by atoms with E-state index in [4.69, 9.17) is 4.74 Å². The van der Waals surface area contributed by atoms with Crippen molar-refractivity contribution >= 4 is 0 Å². The van der Waals surface area contributed by atoms with E-state index in [1.165, 1.54) is 32.1 Å². The van der Waals surface area contributed by atoms with E-state index < -0.39 is 0 Å². The third kappa shape index (κ3) is 2.69. The standard InChI is InChI=1S/C14H23N3O/c1-2-17-11-13(10-16-17)18-14(6-3-7-14)8-9-15-12-4-5-12/h10-12,15H,2-9H2,1H3. The van der Waals surface area contributed by atoms with Gasteiger partial charge >= 0.3 is 0 Å². The van der Waals surface area contributed by atoms with E-state index >= 15 is 0 Å². The van der Waals surface area contributed by atoms with Crippen molar-refractivity contribution in [2.45, 2.75) is 63.6 Å². The molecule has 0 bridgehead atoms. The summed E-state index contributed by atoms with van der Waals surface area (Å²) in [6.45, 7) is 4.08. The number of nitrogens with zero attached hydrogens (tertiary/aromatic N) is 2. The molecule has 3 rings (SSSR count). The Labute approximate surface area is 109 Å². The zero-order chi connectivity index (χ0) is 12.4. The first-order valence-corrected chi connectivity index (χ1v) is 7.24. The summed E-state index contributed by atoms with van der Waals surface area (Å²) in [5, 5.41) is 7.85. The molecule has 0 radical (unpaired) electrons. The van der Waals surface area contributed by atoms with Gasteiger partial charge in [-0.05, 0) is 52.0 Å². The summed E-state index contributed by atoms with van der Waals surface area (Å²) in [6, 6.07) is 0.796. The van der Waals surface area contributed by atoms with E-state index in [9.17, 15) is 0 Å². The summed E-state index contributed by atoms with van der Waals surface area (Å²) in [5.41, 5.74) is 0.0868. The van der Waals surface area contributed by atoms with Gasteiger partial charge in [0.2, 0.25) is 0 Å². The molecule has 0 saturated heterocycles. The lowest BCUT2D eigenvalue weighted by Crippen LogP contribution is -2.45. The molecule has 0 aliphatic heterocycles. The Balaban J connectivity index is 1.53. The van der Waals surface area contributed by atoms with E-state index in [1.807, 2.05) is 17.1 Å². The van der Waals surface area contributed by atoms with Gasteiger partial charge in [-0.1, -0.05) is 0 Å². The van der Waals surface area contributed by atoms with Crippen molar-refractivity contribution in [2.75, 3.05) is 6.54 Å². The van der Waals surface area contributed by atoms with Crippen LogP contribution in [0.3, 0.4) is 0 Å². The highest BCUT2D eigenvalue weighted by molar-refractivity contribution is 5.15. The van der Waals surface area contributed by atoms with Gasteiger partial charge in [0.15, 0.2) is 5.75 Å². The molecule has 0 amide bonds. The van der Waals surface area contributed by atoms with Gasteiger partial charge < -0.3 is 10.1 Å². The molecule has 2 saturated carbocycles. The first-order valence-electron chi connectivity index (χ1n) is 7.24. The lowest BCUT2D eigenvalue weighted by Gasteiger charge is -2.41. The van der Waals surface area contributed by atoms with Crippen molar-refractivity contribution in [1.29, 1.82) is 0 Å². The minimum Gasteiger partial charge on any atom is -0.484 e. The topological polar surface area (TPSA) is 39.1 Å². The SMILES string of the molecule is CCn1cc(OC2(CCNC3CC3)CCC2)cn1. The van der Waals surface area contributed by atoms with Crippen LogP contribution in [0.5, 0.6) is 5.75 Å². The van der Waals surface area contributed by atoms with Gasteiger partial charge in [-0.2, -0.15) is 5.10 Å². The molecule has 100 valence electrons. The predicted octanol–water partition coefficient (Wildman–Crippen LogP) is 2.35. The highest BCUT2D eigenvalue weighted by atomic mass is 16.5. The van der Waals surface area contributed by atoms with Gasteiger partial charge in [0.25, 0.3) is 0 Å². The maximum absolute atomic E-state index is 6.20. The normalized spacial score (nSPS) is 21.6. The molecule has 2 aliphatic carbocycles. The summed E-state index contributed by atoms with van der Waals surface area (Å²) in [7, 11) is 0. The molecular formula is C14H23N3O. The zero-order valence-electron chi connectivity index (χ0n) is 11.2. The van der Waals surface area contributed by atoms with E-state index in [0.29, 0.717) is 0 Å². The van der Waals surface area contributed by atoms with Crippen LogP contribution in [0.25, 0.3) is 0 Å². The van der Waals surface area contributed by atoms with Crippen molar-refractivity contribution in [3.63, 3.8) is 0 Å². The maximum atomic E-state index is 6.20. The highest BCUT2D eigenvalue weighted by Crippen LogP contribution is 2.39. The van der Waals surface area contributed by atoms with Crippen molar-refractivity contribution in [1.82, 2.24) is 15.1 Å². The highest BCUT2D eigenvalue weighted by Gasteiger charge is 2.39.